The average Bonchev–Trinajstić information content (AvgIpc) is 2.42. The summed E-state index contributed by atoms with van der Waals surface area (Å²) in [5.41, 5.74) is 2.09. The Morgan fingerprint density at radius 2 is 2.10 bits per heavy atom. The number of hydrogen-bond acceptors (Lipinski definition) is 4. The first-order valence-corrected chi connectivity index (χ1v) is 7.47. The lowest BCUT2D eigenvalue weighted by atomic mass is 9.89. The maximum Gasteiger partial charge on any atom is 0.234 e. The molecule has 5 heteroatoms. The summed E-state index contributed by atoms with van der Waals surface area (Å²) in [6.07, 6.45) is 1.84. The molecule has 2 aliphatic rings. The largest absolute Gasteiger partial charge is 0.396 e. The van der Waals surface area contributed by atoms with Crippen LogP contribution in [-0.4, -0.2) is 36.6 Å². The van der Waals surface area contributed by atoms with E-state index in [1.807, 2.05) is 18.2 Å². The van der Waals surface area contributed by atoms with Crippen molar-refractivity contribution in [3.8, 4) is 0 Å². The number of amides is 2. The molecule has 0 aromatic heterocycles. The van der Waals surface area contributed by atoms with Crippen molar-refractivity contribution < 1.29 is 14.7 Å². The molecule has 1 aromatic rings. The number of aliphatic hydroxyl groups excluding tert-OH is 1. The lowest BCUT2D eigenvalue weighted by Crippen LogP contribution is -2.47. The molecule has 2 aliphatic heterocycles. The zero-order chi connectivity index (χ0) is 14.8. The lowest BCUT2D eigenvalue weighted by molar-refractivity contribution is -0.134. The quantitative estimate of drug-likeness (QED) is 0.812. The average molecular weight is 288 g/mol. The van der Waals surface area contributed by atoms with Crippen LogP contribution in [0, 0.1) is 5.92 Å². The normalized spacial score (nSPS) is 22.9. The SMILES string of the molecule is O=C1CCC(c2cccc(N3CC(CCO)C3)c2)C(=O)N1. The van der Waals surface area contributed by atoms with Gasteiger partial charge in [0.05, 0.1) is 5.92 Å². The van der Waals surface area contributed by atoms with E-state index in [0.717, 1.165) is 30.8 Å². The predicted octanol–water partition coefficient (Wildman–Crippen LogP) is 1.03. The number of nitrogens with one attached hydrogen (secondary N) is 1. The Morgan fingerprint density at radius 1 is 1.29 bits per heavy atom. The Kier molecular flexibility index (Phi) is 3.92. The van der Waals surface area contributed by atoms with Crippen molar-refractivity contribution in [2.45, 2.75) is 25.2 Å². The smallest absolute Gasteiger partial charge is 0.234 e. The number of carbonyl (C=O) groups is 2. The number of hydrogen-bond donors (Lipinski definition) is 2. The van der Waals surface area contributed by atoms with Gasteiger partial charge in [0.1, 0.15) is 0 Å². The number of benzene rings is 1. The molecule has 3 rings (SSSR count). The fourth-order valence-corrected chi connectivity index (χ4v) is 3.10. The van der Waals surface area contributed by atoms with Gasteiger partial charge in [0.2, 0.25) is 11.8 Å². The summed E-state index contributed by atoms with van der Waals surface area (Å²) in [4.78, 5) is 25.4. The van der Waals surface area contributed by atoms with E-state index in [-0.39, 0.29) is 24.3 Å². The molecule has 21 heavy (non-hydrogen) atoms. The molecule has 0 radical (unpaired) electrons. The molecule has 1 unspecified atom stereocenters. The van der Waals surface area contributed by atoms with E-state index in [9.17, 15) is 9.59 Å². The van der Waals surface area contributed by atoms with E-state index in [1.165, 1.54) is 0 Å². The molecule has 2 fully saturated rings. The van der Waals surface area contributed by atoms with Crippen molar-refractivity contribution in [1.82, 2.24) is 5.32 Å². The van der Waals surface area contributed by atoms with E-state index in [2.05, 4.69) is 16.3 Å². The van der Waals surface area contributed by atoms with E-state index >= 15 is 0 Å². The second kappa shape index (κ2) is 5.85. The number of aliphatic hydroxyl groups is 1. The number of carbonyl (C=O) groups excluding carboxylic acids is 2. The summed E-state index contributed by atoms with van der Waals surface area (Å²) < 4.78 is 0. The predicted molar refractivity (Wildman–Crippen MR) is 79.0 cm³/mol. The minimum absolute atomic E-state index is 0.179. The topological polar surface area (TPSA) is 69.6 Å². The number of imide groups is 1. The van der Waals surface area contributed by atoms with Crippen molar-refractivity contribution in [2.24, 2.45) is 5.92 Å². The van der Waals surface area contributed by atoms with Gasteiger partial charge in [-0.05, 0) is 36.5 Å². The molecule has 0 aliphatic carbocycles. The molecule has 0 bridgehead atoms. The highest BCUT2D eigenvalue weighted by Crippen LogP contribution is 2.31. The van der Waals surface area contributed by atoms with Crippen LogP contribution < -0.4 is 10.2 Å². The van der Waals surface area contributed by atoms with E-state index in [4.69, 9.17) is 5.11 Å². The highest BCUT2D eigenvalue weighted by molar-refractivity contribution is 6.01. The van der Waals surface area contributed by atoms with Gasteiger partial charge in [-0.15, -0.1) is 0 Å². The highest BCUT2D eigenvalue weighted by Gasteiger charge is 2.30. The summed E-state index contributed by atoms with van der Waals surface area (Å²) in [6.45, 7) is 2.16. The molecule has 2 N–H and O–H groups in total. The Morgan fingerprint density at radius 3 is 2.81 bits per heavy atom. The van der Waals surface area contributed by atoms with Gasteiger partial charge in [-0.1, -0.05) is 12.1 Å². The Hall–Kier alpha value is -1.88. The number of nitrogens with zero attached hydrogens (tertiary/aromatic N) is 1. The third-order valence-corrected chi connectivity index (χ3v) is 4.37. The van der Waals surface area contributed by atoms with Crippen molar-refractivity contribution >= 4 is 17.5 Å². The van der Waals surface area contributed by atoms with Gasteiger partial charge in [0, 0.05) is 31.8 Å². The second-order valence-corrected chi connectivity index (χ2v) is 5.88. The third-order valence-electron chi connectivity index (χ3n) is 4.37. The van der Waals surface area contributed by atoms with E-state index in [0.29, 0.717) is 18.8 Å². The Labute approximate surface area is 123 Å². The summed E-state index contributed by atoms with van der Waals surface area (Å²) in [5.74, 6) is -0.0291. The summed E-state index contributed by atoms with van der Waals surface area (Å²) in [5, 5.41) is 11.3. The van der Waals surface area contributed by atoms with Crippen LogP contribution in [0.5, 0.6) is 0 Å². The van der Waals surface area contributed by atoms with E-state index < -0.39 is 0 Å². The molecule has 0 saturated carbocycles. The number of anilines is 1. The first kappa shape index (κ1) is 14.1. The molecule has 1 aromatic carbocycles. The van der Waals surface area contributed by atoms with Crippen LogP contribution in [0.15, 0.2) is 24.3 Å². The number of piperidine rings is 1. The maximum atomic E-state index is 11.9. The summed E-state index contributed by atoms with van der Waals surface area (Å²) >= 11 is 0. The van der Waals surface area contributed by atoms with Gasteiger partial charge in [-0.25, -0.2) is 0 Å². The Bertz CT molecular complexity index is 552. The summed E-state index contributed by atoms with van der Waals surface area (Å²) in [7, 11) is 0. The van der Waals surface area contributed by atoms with Crippen molar-refractivity contribution in [1.29, 1.82) is 0 Å². The first-order chi connectivity index (χ1) is 10.2. The fraction of sp³-hybridized carbons (Fsp3) is 0.500. The maximum absolute atomic E-state index is 11.9. The highest BCUT2D eigenvalue weighted by atomic mass is 16.3. The minimum Gasteiger partial charge on any atom is -0.396 e. The van der Waals surface area contributed by atoms with Gasteiger partial charge in [-0.3, -0.25) is 14.9 Å². The third kappa shape index (κ3) is 2.93. The van der Waals surface area contributed by atoms with Gasteiger partial charge in [0.15, 0.2) is 0 Å². The van der Waals surface area contributed by atoms with E-state index in [1.54, 1.807) is 0 Å². The van der Waals surface area contributed by atoms with Crippen LogP contribution in [0.1, 0.15) is 30.7 Å². The molecular weight excluding hydrogens is 268 g/mol. The zero-order valence-corrected chi connectivity index (χ0v) is 11.9. The molecular formula is C16H20N2O3. The van der Waals surface area contributed by atoms with Gasteiger partial charge < -0.3 is 10.0 Å². The van der Waals surface area contributed by atoms with Gasteiger partial charge >= 0.3 is 0 Å². The van der Waals surface area contributed by atoms with Crippen LogP contribution in [0.2, 0.25) is 0 Å². The monoisotopic (exact) mass is 288 g/mol. The van der Waals surface area contributed by atoms with Crippen molar-refractivity contribution in [3.05, 3.63) is 29.8 Å². The van der Waals surface area contributed by atoms with Crippen molar-refractivity contribution in [3.63, 3.8) is 0 Å². The molecule has 2 heterocycles. The lowest BCUT2D eigenvalue weighted by Gasteiger charge is -2.41. The van der Waals surface area contributed by atoms with Crippen LogP contribution in [-0.2, 0) is 9.59 Å². The van der Waals surface area contributed by atoms with Crippen LogP contribution in [0.25, 0.3) is 0 Å². The molecule has 2 amide bonds. The molecule has 112 valence electrons. The standard InChI is InChI=1S/C16H20N2O3/c19-7-6-11-9-18(10-11)13-3-1-2-12(8-13)14-4-5-15(20)17-16(14)21/h1-3,8,11,14,19H,4-7,9-10H2,(H,17,20,21). The fourth-order valence-electron chi connectivity index (χ4n) is 3.10. The second-order valence-electron chi connectivity index (χ2n) is 5.88. The summed E-state index contributed by atoms with van der Waals surface area (Å²) in [6, 6.07) is 8.02. The van der Waals surface area contributed by atoms with Gasteiger partial charge in [0.25, 0.3) is 0 Å². The van der Waals surface area contributed by atoms with Crippen molar-refractivity contribution in [2.75, 3.05) is 24.6 Å². The molecule has 0 spiro atoms. The first-order valence-electron chi connectivity index (χ1n) is 7.47. The molecule has 2 saturated heterocycles. The molecule has 1 atom stereocenters. The van der Waals surface area contributed by atoms with Crippen LogP contribution in [0.4, 0.5) is 5.69 Å². The Balaban J connectivity index is 1.69. The zero-order valence-electron chi connectivity index (χ0n) is 11.9. The molecule has 5 nitrogen and oxygen atoms in total. The van der Waals surface area contributed by atoms with Gasteiger partial charge in [-0.2, -0.15) is 0 Å². The minimum atomic E-state index is -0.225. The van der Waals surface area contributed by atoms with Crippen LogP contribution >= 0.6 is 0 Å². The van der Waals surface area contributed by atoms with Crippen LogP contribution in [0.3, 0.4) is 0 Å². The number of rotatable bonds is 4.